The number of likely N-dealkylation sites (tertiary alicyclic amines) is 1. The van der Waals surface area contributed by atoms with Crippen LogP contribution >= 0.6 is 0 Å². The Hall–Kier alpha value is -6.11. The zero-order chi connectivity index (χ0) is 44.0. The number of nitrogen functional groups attached to an aromatic ring is 1. The van der Waals surface area contributed by atoms with Gasteiger partial charge in [0.2, 0.25) is 11.8 Å². The summed E-state index contributed by atoms with van der Waals surface area (Å²) in [5, 5.41) is 24.3. The number of nitrogens with two attached hydrogens (primary N) is 1. The second kappa shape index (κ2) is 18.6. The molecule has 59 heavy (non-hydrogen) atoms. The molecule has 5 rings (SSSR count). The fraction of sp³-hybridized carbons (Fsp3) is 0.375. The van der Waals surface area contributed by atoms with E-state index in [-0.39, 0.29) is 35.2 Å². The zero-order valence-electron chi connectivity index (χ0n) is 33.0. The third-order valence-corrected chi connectivity index (χ3v) is 11.4. The van der Waals surface area contributed by atoms with Gasteiger partial charge in [0.15, 0.2) is 21.3 Å². The number of nitrogens with zero attached hydrogens (tertiary/aromatic N) is 2. The zero-order valence-corrected chi connectivity index (χ0v) is 33.8. The van der Waals surface area contributed by atoms with Crippen molar-refractivity contribution in [1.82, 2.24) is 9.88 Å². The number of sulfone groups is 1. The molecule has 2 amide bonds. The lowest BCUT2D eigenvalue weighted by Gasteiger charge is -2.33. The van der Waals surface area contributed by atoms with Gasteiger partial charge in [0.25, 0.3) is 0 Å². The lowest BCUT2D eigenvalue weighted by atomic mass is 9.92. The van der Waals surface area contributed by atoms with E-state index in [4.69, 9.17) is 25.1 Å². The highest BCUT2D eigenvalue weighted by Gasteiger charge is 2.46. The van der Waals surface area contributed by atoms with Crippen LogP contribution in [0.25, 0.3) is 10.8 Å². The van der Waals surface area contributed by atoms with Gasteiger partial charge in [-0.15, -0.1) is 0 Å². The molecule has 3 aromatic carbocycles. The van der Waals surface area contributed by atoms with Crippen LogP contribution in [0.4, 0.5) is 30.4 Å². The molecule has 1 unspecified atom stereocenters. The fourth-order valence-electron chi connectivity index (χ4n) is 6.49. The number of rotatable bonds is 13. The molecule has 0 spiro atoms. The number of fused-ring (bicyclic) bond motifs is 1. The van der Waals surface area contributed by atoms with E-state index in [0.717, 1.165) is 10.8 Å². The summed E-state index contributed by atoms with van der Waals surface area (Å²) in [5.41, 5.74) is 7.55. The lowest BCUT2D eigenvalue weighted by molar-refractivity contribution is -0.192. The molecular formula is C40H46F3N5O10S. The van der Waals surface area contributed by atoms with E-state index in [1.54, 1.807) is 42.6 Å². The topological polar surface area (TPSA) is 228 Å². The second-order valence-corrected chi connectivity index (χ2v) is 16.5. The Kier molecular flexibility index (Phi) is 14.4. The molecule has 1 fully saturated rings. The van der Waals surface area contributed by atoms with Gasteiger partial charge in [-0.25, -0.2) is 18.2 Å². The van der Waals surface area contributed by atoms with Crippen LogP contribution in [0.5, 0.6) is 11.5 Å². The molecular weight excluding hydrogens is 800 g/mol. The van der Waals surface area contributed by atoms with Crippen molar-refractivity contribution in [2.45, 2.75) is 82.5 Å². The van der Waals surface area contributed by atoms with E-state index in [9.17, 15) is 36.3 Å². The Morgan fingerprint density at radius 3 is 2.20 bits per heavy atom. The van der Waals surface area contributed by atoms with Crippen molar-refractivity contribution in [2.24, 2.45) is 5.92 Å². The lowest BCUT2D eigenvalue weighted by Crippen LogP contribution is -2.40. The monoisotopic (exact) mass is 845 g/mol. The van der Waals surface area contributed by atoms with Gasteiger partial charge >= 0.3 is 18.1 Å². The first-order valence-electron chi connectivity index (χ1n) is 18.4. The fourth-order valence-corrected chi connectivity index (χ4v) is 7.77. The van der Waals surface area contributed by atoms with Gasteiger partial charge in [-0.3, -0.25) is 14.4 Å². The number of hydrogen-bond donors (Lipinski definition) is 5. The molecule has 1 aromatic heterocycles. The number of nitrogens with one attached hydrogen (secondary N) is 2. The van der Waals surface area contributed by atoms with E-state index < -0.39 is 63.0 Å². The van der Waals surface area contributed by atoms with Crippen molar-refractivity contribution in [3.63, 3.8) is 0 Å². The first-order valence-corrected chi connectivity index (χ1v) is 19.9. The van der Waals surface area contributed by atoms with Crippen LogP contribution in [0, 0.1) is 5.92 Å². The van der Waals surface area contributed by atoms with Crippen LogP contribution < -0.4 is 25.8 Å². The van der Waals surface area contributed by atoms with Crippen LogP contribution in [-0.4, -0.2) is 82.9 Å². The second-order valence-electron chi connectivity index (χ2n) is 14.1. The average molecular weight is 846 g/mol. The van der Waals surface area contributed by atoms with Gasteiger partial charge < -0.3 is 41.0 Å². The van der Waals surface area contributed by atoms with E-state index in [1.807, 2.05) is 26.8 Å². The Bertz CT molecular complexity index is 2320. The van der Waals surface area contributed by atoms with Crippen LogP contribution in [0.2, 0.25) is 0 Å². The summed E-state index contributed by atoms with van der Waals surface area (Å²) < 4.78 is 71.1. The first kappa shape index (κ1) is 45.6. The summed E-state index contributed by atoms with van der Waals surface area (Å²) in [6, 6.07) is 14.4. The van der Waals surface area contributed by atoms with E-state index in [2.05, 4.69) is 15.6 Å². The van der Waals surface area contributed by atoms with Crippen LogP contribution in [0.1, 0.15) is 71.2 Å². The van der Waals surface area contributed by atoms with Gasteiger partial charge in [-0.05, 0) is 112 Å². The number of halogens is 3. The summed E-state index contributed by atoms with van der Waals surface area (Å²) in [4.78, 5) is 54.3. The van der Waals surface area contributed by atoms with Gasteiger partial charge in [-0.1, -0.05) is 6.07 Å². The predicted octanol–water partition coefficient (Wildman–Crippen LogP) is 6.60. The highest BCUT2D eigenvalue weighted by Crippen LogP contribution is 2.44. The number of pyridine rings is 1. The number of benzene rings is 3. The van der Waals surface area contributed by atoms with Crippen molar-refractivity contribution >= 4 is 61.6 Å². The Morgan fingerprint density at radius 2 is 1.63 bits per heavy atom. The molecule has 19 heteroatoms. The number of carboxylic acids is 2. The average Bonchev–Trinajstić information content (AvgIpc) is 3.60. The van der Waals surface area contributed by atoms with Crippen molar-refractivity contribution in [3.8, 4) is 11.5 Å². The summed E-state index contributed by atoms with van der Waals surface area (Å²) in [7, 11) is -3.97. The molecule has 0 bridgehead atoms. The minimum absolute atomic E-state index is 0.0248. The summed E-state index contributed by atoms with van der Waals surface area (Å²) >= 11 is 0. The molecule has 4 aromatic rings. The number of carboxylic acid groups (broad SMARTS) is 2. The number of alkyl halides is 3. The summed E-state index contributed by atoms with van der Waals surface area (Å²) in [6.45, 7) is 10.3. The smallest absolute Gasteiger partial charge is 0.490 e. The van der Waals surface area contributed by atoms with Crippen LogP contribution in [0.3, 0.4) is 0 Å². The molecule has 0 saturated carbocycles. The van der Waals surface area contributed by atoms with Crippen molar-refractivity contribution < 1.29 is 60.5 Å². The molecule has 2 heterocycles. The highest BCUT2D eigenvalue weighted by molar-refractivity contribution is 7.92. The third-order valence-electron chi connectivity index (χ3n) is 9.13. The van der Waals surface area contributed by atoms with Crippen LogP contribution in [0.15, 0.2) is 71.8 Å². The Balaban J connectivity index is 0.00000101. The molecule has 15 nitrogen and oxygen atoms in total. The molecule has 6 N–H and O–H groups in total. The standard InChI is InChI=1S/C38H45N5O8S.C2HF3O2/c1-7-50-32-19-25(8-12-31(32)51-21(2)3)34(42-26-9-11-28-24(18-26)14-16-40-36(28)39)37(45)43-17-15-29(38(46)47)35(43)30-20-27(41-23(6)44)10-13-33(30)52(48,49)22(4)5;3-2(4,5)1(6)7/h8-14,16,18-22,29,34-35,42H,7,15,17H2,1-6H3,(H2,39,40)(H,41,44)(H,46,47);(H,6,7)/t29-,34?,35+;/m0./s1. The van der Waals surface area contributed by atoms with Gasteiger partial charge in [-0.2, -0.15) is 13.2 Å². The Labute approximate surface area is 338 Å². The molecule has 3 atom stereocenters. The molecule has 1 aliphatic heterocycles. The number of aromatic nitrogens is 1. The van der Waals surface area contributed by atoms with Gasteiger partial charge in [0.05, 0.1) is 34.8 Å². The summed E-state index contributed by atoms with van der Waals surface area (Å²) in [5.74, 6) is -4.72. The number of amides is 2. The van der Waals surface area contributed by atoms with E-state index in [0.29, 0.717) is 35.2 Å². The third kappa shape index (κ3) is 10.9. The van der Waals surface area contributed by atoms with Crippen molar-refractivity contribution in [2.75, 3.05) is 29.5 Å². The molecule has 0 aliphatic carbocycles. The first-order chi connectivity index (χ1) is 27.6. The number of carbonyl (C=O) groups excluding carboxylic acids is 2. The largest absolute Gasteiger partial charge is 0.490 e. The molecule has 1 aliphatic rings. The van der Waals surface area contributed by atoms with E-state index in [1.165, 1.54) is 43.9 Å². The quantitative estimate of drug-likeness (QED) is 0.0957. The maximum absolute atomic E-state index is 15.1. The highest BCUT2D eigenvalue weighted by atomic mass is 32.2. The Morgan fingerprint density at radius 1 is 0.966 bits per heavy atom. The SMILES string of the molecule is CCOc1cc(C(Nc2ccc3c(N)nccc3c2)C(=O)N2CC[C@H](C(=O)O)[C@@H]2c2cc(NC(C)=O)ccc2S(=O)(=O)C(C)C)ccc1OC(C)C.O=C(O)C(F)(F)F. The normalized spacial score (nSPS) is 15.9. The number of anilines is 3. The van der Waals surface area contributed by atoms with Gasteiger partial charge in [0, 0.05) is 36.4 Å². The number of aliphatic carboxylic acids is 2. The maximum Gasteiger partial charge on any atom is 0.490 e. The van der Waals surface area contributed by atoms with Crippen molar-refractivity contribution in [1.29, 1.82) is 0 Å². The molecule has 1 saturated heterocycles. The number of ether oxygens (including phenoxy) is 2. The van der Waals surface area contributed by atoms with E-state index >= 15 is 4.79 Å². The van der Waals surface area contributed by atoms with Gasteiger partial charge in [0.1, 0.15) is 11.9 Å². The number of hydrogen-bond acceptors (Lipinski definition) is 11. The minimum Gasteiger partial charge on any atom is -0.490 e. The molecule has 0 radical (unpaired) electrons. The summed E-state index contributed by atoms with van der Waals surface area (Å²) in [6.07, 6.45) is -3.58. The predicted molar refractivity (Wildman–Crippen MR) is 213 cm³/mol. The molecule has 318 valence electrons. The maximum atomic E-state index is 15.1. The van der Waals surface area contributed by atoms with Crippen molar-refractivity contribution in [3.05, 3.63) is 78.0 Å². The number of carbonyl (C=O) groups is 4. The minimum atomic E-state index is -5.08. The van der Waals surface area contributed by atoms with Crippen LogP contribution in [-0.2, 0) is 29.0 Å².